The molecule has 0 bridgehead atoms. The number of hydrogen-bond donors (Lipinski definition) is 2. The van der Waals surface area contributed by atoms with Gasteiger partial charge in [-0.25, -0.2) is 13.6 Å². The number of hydrogen-bond acceptors (Lipinski definition) is 6. The predicted molar refractivity (Wildman–Crippen MR) is 165 cm³/mol. The summed E-state index contributed by atoms with van der Waals surface area (Å²) in [6, 6.07) is 12.9. The normalized spacial score (nSPS) is 21.4. The van der Waals surface area contributed by atoms with Gasteiger partial charge in [0.1, 0.15) is 22.8 Å². The van der Waals surface area contributed by atoms with E-state index in [4.69, 9.17) is 32.7 Å². The van der Waals surface area contributed by atoms with Crippen molar-refractivity contribution in [3.8, 4) is 11.8 Å². The summed E-state index contributed by atoms with van der Waals surface area (Å²) in [4.78, 5) is 26.4. The van der Waals surface area contributed by atoms with Crippen molar-refractivity contribution in [1.82, 2.24) is 5.32 Å². The number of rotatable bonds is 8. The summed E-state index contributed by atoms with van der Waals surface area (Å²) in [5.41, 5.74) is -1.78. The average Bonchev–Trinajstić information content (AvgIpc) is 3.27. The monoisotopic (exact) mass is 643 g/mol. The van der Waals surface area contributed by atoms with Gasteiger partial charge in [0.15, 0.2) is 0 Å². The average molecular weight is 645 g/mol. The molecular weight excluding hydrogens is 611 g/mol. The molecule has 0 unspecified atom stereocenters. The number of anilines is 1. The third-order valence-corrected chi connectivity index (χ3v) is 8.23. The van der Waals surface area contributed by atoms with Crippen LogP contribution in [0.15, 0.2) is 54.6 Å². The fourth-order valence-corrected chi connectivity index (χ4v) is 6.24. The first-order chi connectivity index (χ1) is 20.8. The van der Waals surface area contributed by atoms with Crippen LogP contribution in [0.3, 0.4) is 0 Å². The summed E-state index contributed by atoms with van der Waals surface area (Å²) >= 11 is 12.3. The zero-order chi connectivity index (χ0) is 32.4. The Morgan fingerprint density at radius 3 is 2.45 bits per heavy atom. The van der Waals surface area contributed by atoms with Crippen molar-refractivity contribution < 1.29 is 27.8 Å². The van der Waals surface area contributed by atoms with Crippen molar-refractivity contribution in [2.24, 2.45) is 5.41 Å². The van der Waals surface area contributed by atoms with Crippen LogP contribution in [0.2, 0.25) is 10.0 Å². The van der Waals surface area contributed by atoms with Crippen molar-refractivity contribution in [2.45, 2.75) is 57.5 Å². The number of amides is 1. The van der Waals surface area contributed by atoms with Gasteiger partial charge in [0.25, 0.3) is 0 Å². The third kappa shape index (κ3) is 6.39. The largest absolute Gasteiger partial charge is 0.495 e. The number of nitrogens with one attached hydrogen (secondary N) is 2. The van der Waals surface area contributed by atoms with Gasteiger partial charge in [0.2, 0.25) is 5.91 Å². The summed E-state index contributed by atoms with van der Waals surface area (Å²) in [5, 5.41) is 17.0. The highest BCUT2D eigenvalue weighted by molar-refractivity contribution is 6.31. The molecule has 4 rings (SSSR count). The first-order valence-corrected chi connectivity index (χ1v) is 14.8. The fraction of sp³-hybridized carbons (Fsp3) is 0.364. The molecule has 1 aliphatic heterocycles. The Morgan fingerprint density at radius 2 is 1.84 bits per heavy atom. The van der Waals surface area contributed by atoms with E-state index in [0.29, 0.717) is 6.42 Å². The zero-order valence-electron chi connectivity index (χ0n) is 24.9. The van der Waals surface area contributed by atoms with Crippen LogP contribution in [0.25, 0.3) is 0 Å². The maximum atomic E-state index is 15.9. The van der Waals surface area contributed by atoms with E-state index in [-0.39, 0.29) is 44.8 Å². The lowest BCUT2D eigenvalue weighted by Gasteiger charge is -2.37. The Balaban J connectivity index is 1.91. The lowest BCUT2D eigenvalue weighted by atomic mass is 9.62. The molecule has 0 spiro atoms. The Bertz CT molecular complexity index is 1620. The van der Waals surface area contributed by atoms with Gasteiger partial charge in [-0.2, -0.15) is 5.26 Å². The summed E-state index contributed by atoms with van der Waals surface area (Å²) in [6.07, 6.45) is 0.322. The number of halogens is 4. The van der Waals surface area contributed by atoms with Crippen LogP contribution in [-0.4, -0.2) is 37.7 Å². The number of ether oxygens (including phenoxy) is 2. The maximum Gasteiger partial charge on any atom is 0.338 e. The highest BCUT2D eigenvalue weighted by Gasteiger charge is 2.61. The molecule has 4 atom stereocenters. The topological polar surface area (TPSA) is 100 Å². The van der Waals surface area contributed by atoms with Crippen LogP contribution in [0.1, 0.15) is 61.5 Å². The highest BCUT2D eigenvalue weighted by atomic mass is 35.5. The molecule has 3 aromatic carbocycles. The Labute approximate surface area is 265 Å². The lowest BCUT2D eigenvalue weighted by Crippen LogP contribution is -2.45. The van der Waals surface area contributed by atoms with E-state index < -0.39 is 52.3 Å². The maximum absolute atomic E-state index is 15.9. The van der Waals surface area contributed by atoms with E-state index in [1.165, 1.54) is 55.6 Å². The Hall–Kier alpha value is -3.71. The molecule has 1 heterocycles. The second-order valence-corrected chi connectivity index (χ2v) is 12.7. The quantitative estimate of drug-likeness (QED) is 0.248. The van der Waals surface area contributed by atoms with Crippen molar-refractivity contribution in [3.05, 3.63) is 93.0 Å². The molecule has 0 saturated carbocycles. The van der Waals surface area contributed by atoms with E-state index in [2.05, 4.69) is 16.7 Å². The van der Waals surface area contributed by atoms with E-state index in [1.54, 1.807) is 6.92 Å². The summed E-state index contributed by atoms with van der Waals surface area (Å²) in [5.74, 6) is -3.84. The SMILES string of the molecule is CCOC(=O)c1ccc(NC(=O)[C@@H]2N[C@@H](CC(C)(C)C)[C@](C#N)(c3ccc(Cl)cc3F)[C@H]2c2cccc(Cl)c2F)c(OC)c1. The number of benzene rings is 3. The number of carbonyl (C=O) groups excluding carboxylic acids is 2. The number of nitriles is 1. The molecule has 44 heavy (non-hydrogen) atoms. The number of nitrogens with zero attached hydrogens (tertiary/aromatic N) is 1. The van der Waals surface area contributed by atoms with Crippen LogP contribution in [0.4, 0.5) is 14.5 Å². The van der Waals surface area contributed by atoms with Crippen LogP contribution < -0.4 is 15.4 Å². The second-order valence-electron chi connectivity index (χ2n) is 11.8. The summed E-state index contributed by atoms with van der Waals surface area (Å²) < 4.78 is 42.2. The zero-order valence-corrected chi connectivity index (χ0v) is 26.4. The molecule has 1 amide bonds. The summed E-state index contributed by atoms with van der Waals surface area (Å²) in [6.45, 7) is 7.72. The van der Waals surface area contributed by atoms with E-state index in [9.17, 15) is 14.9 Å². The number of esters is 1. The lowest BCUT2D eigenvalue weighted by molar-refractivity contribution is -0.118. The van der Waals surface area contributed by atoms with Gasteiger partial charge in [-0.1, -0.05) is 62.2 Å². The van der Waals surface area contributed by atoms with Crippen LogP contribution in [-0.2, 0) is 14.9 Å². The van der Waals surface area contributed by atoms with Gasteiger partial charge < -0.3 is 20.1 Å². The van der Waals surface area contributed by atoms with Crippen molar-refractivity contribution >= 4 is 40.8 Å². The molecule has 0 aromatic heterocycles. The molecule has 2 N–H and O–H groups in total. The molecule has 3 aromatic rings. The fourth-order valence-electron chi connectivity index (χ4n) is 5.90. The van der Waals surface area contributed by atoms with Crippen LogP contribution in [0.5, 0.6) is 5.75 Å². The van der Waals surface area contributed by atoms with Gasteiger partial charge in [0.05, 0.1) is 42.1 Å². The molecule has 1 fully saturated rings. The molecule has 232 valence electrons. The smallest absolute Gasteiger partial charge is 0.338 e. The van der Waals surface area contributed by atoms with E-state index in [1.807, 2.05) is 20.8 Å². The first kappa shape index (κ1) is 33.2. The molecule has 1 saturated heterocycles. The second kappa shape index (κ2) is 13.1. The van der Waals surface area contributed by atoms with Crippen molar-refractivity contribution in [2.75, 3.05) is 19.0 Å². The first-order valence-electron chi connectivity index (χ1n) is 14.0. The Morgan fingerprint density at radius 1 is 1.11 bits per heavy atom. The predicted octanol–water partition coefficient (Wildman–Crippen LogP) is 7.42. The number of methoxy groups -OCH3 is 1. The third-order valence-electron chi connectivity index (χ3n) is 7.70. The standard InChI is InChI=1S/C33H33Cl2F2N3O4/c1-6-44-31(42)18-10-13-24(25(14-18)43-5)39-30(41)29-27(20-8-7-9-22(35)28(20)37)33(17-38,26(40-29)16-32(2,3)4)21-12-11-19(34)15-23(21)36/h7-15,26-27,29,40H,6,16H2,1-5H3,(H,39,41)/t26-,27-,29+,33-/m0/s1. The number of carbonyl (C=O) groups is 2. The molecule has 0 aliphatic carbocycles. The van der Waals surface area contributed by atoms with Gasteiger partial charge in [-0.15, -0.1) is 0 Å². The van der Waals surface area contributed by atoms with Gasteiger partial charge in [-0.05, 0) is 60.7 Å². The Kier molecular flexibility index (Phi) is 9.89. The molecule has 1 aliphatic rings. The molecular formula is C33H33Cl2F2N3O4. The minimum atomic E-state index is -1.77. The molecule has 7 nitrogen and oxygen atoms in total. The minimum Gasteiger partial charge on any atom is -0.495 e. The van der Waals surface area contributed by atoms with E-state index in [0.717, 1.165) is 6.07 Å². The van der Waals surface area contributed by atoms with Gasteiger partial charge in [-0.3, -0.25) is 4.79 Å². The van der Waals surface area contributed by atoms with Gasteiger partial charge in [0, 0.05) is 22.5 Å². The molecule has 0 radical (unpaired) electrons. The van der Waals surface area contributed by atoms with Crippen LogP contribution in [0, 0.1) is 28.4 Å². The van der Waals surface area contributed by atoms with Crippen molar-refractivity contribution in [1.29, 1.82) is 5.26 Å². The van der Waals surface area contributed by atoms with Crippen LogP contribution >= 0.6 is 23.2 Å². The molecule has 11 heteroatoms. The highest BCUT2D eigenvalue weighted by Crippen LogP contribution is 2.53. The van der Waals surface area contributed by atoms with Gasteiger partial charge >= 0.3 is 5.97 Å². The summed E-state index contributed by atoms with van der Waals surface area (Å²) in [7, 11) is 1.38. The minimum absolute atomic E-state index is 0.0257. The van der Waals surface area contributed by atoms with Crippen molar-refractivity contribution in [3.63, 3.8) is 0 Å². The van der Waals surface area contributed by atoms with E-state index >= 15 is 8.78 Å².